The van der Waals surface area contributed by atoms with E-state index in [1.54, 1.807) is 16.2 Å². The lowest BCUT2D eigenvalue weighted by molar-refractivity contribution is 0.0143. The molecule has 4 aromatic rings. The van der Waals surface area contributed by atoms with Gasteiger partial charge in [-0.25, -0.2) is 14.5 Å². The minimum absolute atomic E-state index is 0.222. The van der Waals surface area contributed by atoms with Crippen LogP contribution in [0.15, 0.2) is 41.8 Å². The Kier molecular flexibility index (Phi) is 11.5. The second-order valence-electron chi connectivity index (χ2n) is 15.7. The van der Waals surface area contributed by atoms with Gasteiger partial charge < -0.3 is 14.4 Å². The Morgan fingerprint density at radius 1 is 1.02 bits per heavy atom. The van der Waals surface area contributed by atoms with Crippen molar-refractivity contribution in [2.24, 2.45) is 4.99 Å². The Labute approximate surface area is 300 Å². The zero-order valence-corrected chi connectivity index (χ0v) is 32.4. The summed E-state index contributed by atoms with van der Waals surface area (Å²) in [6.07, 6.45) is 11.5. The monoisotopic (exact) mass is 719 g/mol. The van der Waals surface area contributed by atoms with E-state index in [0.29, 0.717) is 31.6 Å². The third kappa shape index (κ3) is 10.1. The summed E-state index contributed by atoms with van der Waals surface area (Å²) in [7, 11) is -1.17. The first-order valence-electron chi connectivity index (χ1n) is 18.1. The minimum Gasteiger partial charge on any atom is -0.444 e. The molecule has 2 fully saturated rings. The van der Waals surface area contributed by atoms with Gasteiger partial charge in [0.15, 0.2) is 5.82 Å². The number of hydrogen-bond donors (Lipinski definition) is 0. The zero-order valence-electron chi connectivity index (χ0n) is 30.6. The van der Waals surface area contributed by atoms with E-state index in [-0.39, 0.29) is 6.09 Å². The summed E-state index contributed by atoms with van der Waals surface area (Å²) in [6, 6.07) is 7.10. The second kappa shape index (κ2) is 15.8. The first kappa shape index (κ1) is 36.3. The van der Waals surface area contributed by atoms with Gasteiger partial charge in [-0.05, 0) is 64.3 Å². The molecule has 1 saturated carbocycles. The number of fused-ring (bicyclic) bond motifs is 1. The lowest BCUT2D eigenvalue weighted by Crippen LogP contribution is -2.50. The second-order valence-corrected chi connectivity index (χ2v) is 22.4. The molecular formula is C36H53N9O3SSi. The smallest absolute Gasteiger partial charge is 0.410 e. The Bertz CT molecular complexity index is 1810. The summed E-state index contributed by atoms with van der Waals surface area (Å²) in [5.41, 5.74) is 3.12. The lowest BCUT2D eigenvalue weighted by atomic mass is 10.1. The van der Waals surface area contributed by atoms with Crippen molar-refractivity contribution in [3.63, 3.8) is 0 Å². The highest BCUT2D eigenvalue weighted by Gasteiger charge is 2.26. The molecule has 50 heavy (non-hydrogen) atoms. The molecule has 6 rings (SSSR count). The molecule has 0 spiro atoms. The number of amides is 1. The fraction of sp³-hybridized carbons (Fsp3) is 0.611. The molecule has 0 N–H and O–H groups in total. The summed E-state index contributed by atoms with van der Waals surface area (Å²) in [6.45, 7) is 18.8. The van der Waals surface area contributed by atoms with E-state index in [9.17, 15) is 4.79 Å². The van der Waals surface area contributed by atoms with Crippen molar-refractivity contribution in [3.05, 3.63) is 46.6 Å². The maximum atomic E-state index is 12.4. The van der Waals surface area contributed by atoms with Crippen molar-refractivity contribution in [2.45, 2.75) is 103 Å². The van der Waals surface area contributed by atoms with Crippen molar-refractivity contribution >= 4 is 42.4 Å². The van der Waals surface area contributed by atoms with Gasteiger partial charge in [0, 0.05) is 83.4 Å². The highest BCUT2D eigenvalue weighted by Crippen LogP contribution is 2.34. The molecular weight excluding hydrogens is 667 g/mol. The molecule has 1 amide bonds. The first-order chi connectivity index (χ1) is 23.9. The van der Waals surface area contributed by atoms with E-state index >= 15 is 0 Å². The Morgan fingerprint density at radius 3 is 2.54 bits per heavy atom. The van der Waals surface area contributed by atoms with Crippen LogP contribution in [-0.4, -0.2) is 98.4 Å². The summed E-state index contributed by atoms with van der Waals surface area (Å²) < 4.78 is 15.5. The molecule has 1 aliphatic carbocycles. The van der Waals surface area contributed by atoms with Crippen molar-refractivity contribution in [2.75, 3.05) is 39.3 Å². The number of carbonyl (C=O) groups is 1. The number of hydrogen-bond acceptors (Lipinski definition) is 10. The van der Waals surface area contributed by atoms with Crippen LogP contribution in [0, 0.1) is 0 Å². The number of aryl methyl sites for hydroxylation is 1. The van der Waals surface area contributed by atoms with Gasteiger partial charge in [-0.15, -0.1) is 0 Å². The number of rotatable bonds is 12. The molecule has 2 aliphatic rings. The maximum Gasteiger partial charge on any atom is 0.410 e. The summed E-state index contributed by atoms with van der Waals surface area (Å²) in [5, 5.41) is 10.7. The molecule has 1 saturated heterocycles. The van der Waals surface area contributed by atoms with Gasteiger partial charge in [-0.1, -0.05) is 43.8 Å². The highest BCUT2D eigenvalue weighted by molar-refractivity contribution is 7.08. The fourth-order valence-corrected chi connectivity index (χ4v) is 8.07. The number of nitrogens with zero attached hydrogens (tertiary/aromatic N) is 9. The quantitative estimate of drug-likeness (QED) is 0.115. The topological polar surface area (TPSA) is 116 Å². The van der Waals surface area contributed by atoms with E-state index < -0.39 is 13.7 Å². The van der Waals surface area contributed by atoms with Crippen LogP contribution in [0.5, 0.6) is 0 Å². The summed E-state index contributed by atoms with van der Waals surface area (Å²) in [4.78, 5) is 32.0. The van der Waals surface area contributed by atoms with Crippen molar-refractivity contribution in [1.29, 1.82) is 0 Å². The van der Waals surface area contributed by atoms with Gasteiger partial charge in [0.05, 0.1) is 17.2 Å². The van der Waals surface area contributed by atoms with Crippen molar-refractivity contribution < 1.29 is 14.3 Å². The first-order valence-corrected chi connectivity index (χ1v) is 22.6. The lowest BCUT2D eigenvalue weighted by Gasteiger charge is -2.35. The Morgan fingerprint density at radius 2 is 1.80 bits per heavy atom. The Hall–Kier alpha value is -3.46. The standard InChI is InChI=1S/C36H53N9O3SSi/c1-36(2,3)48-35(46)43-18-16-42(17-19-43)14-9-15-44-25-29(24-38-44)28-22-31-30(37-23-28)12-13-32(39-31)40-34-45(26-47-20-21-50(4,5)6)41-33(49-34)27-10-7-8-11-27/h12-13,22-25,27H,7-11,14-21,26H2,1-6H3/b40-34-. The van der Waals surface area contributed by atoms with Gasteiger partial charge in [-0.3, -0.25) is 14.6 Å². The average molecular weight is 720 g/mol. The average Bonchev–Trinajstić information content (AvgIpc) is 3.84. The SMILES string of the molecule is CC(C)(C)OC(=O)N1CCN(CCCn2cc(-c3cnc4ccc(/N=c5\sc(C6CCCC6)nn5COCC[Si](C)(C)C)nc4c3)cn2)CC1. The molecule has 0 radical (unpaired) electrons. The third-order valence-electron chi connectivity index (χ3n) is 9.14. The van der Waals surface area contributed by atoms with Crippen LogP contribution in [0.2, 0.25) is 25.7 Å². The van der Waals surface area contributed by atoms with E-state index in [1.165, 1.54) is 25.7 Å². The fourth-order valence-electron chi connectivity index (χ4n) is 6.25. The molecule has 12 nitrogen and oxygen atoms in total. The van der Waals surface area contributed by atoms with Crippen LogP contribution in [0.4, 0.5) is 10.6 Å². The molecule has 270 valence electrons. The number of ether oxygens (including phenoxy) is 2. The van der Waals surface area contributed by atoms with Gasteiger partial charge in [0.1, 0.15) is 17.3 Å². The molecule has 4 aromatic heterocycles. The predicted molar refractivity (Wildman–Crippen MR) is 200 cm³/mol. The van der Waals surface area contributed by atoms with Crippen LogP contribution in [-0.2, 0) is 22.7 Å². The van der Waals surface area contributed by atoms with Crippen LogP contribution in [0.25, 0.3) is 22.2 Å². The van der Waals surface area contributed by atoms with E-state index in [0.717, 1.165) is 77.2 Å². The van der Waals surface area contributed by atoms with Gasteiger partial charge >= 0.3 is 6.09 Å². The van der Waals surface area contributed by atoms with Crippen LogP contribution in [0.1, 0.15) is 63.8 Å². The predicted octanol–water partition coefficient (Wildman–Crippen LogP) is 6.90. The number of pyridine rings is 2. The van der Waals surface area contributed by atoms with Gasteiger partial charge in [-0.2, -0.15) is 15.2 Å². The van der Waals surface area contributed by atoms with Gasteiger partial charge in [0.25, 0.3) is 0 Å². The molecule has 0 aromatic carbocycles. The molecule has 14 heteroatoms. The maximum absolute atomic E-state index is 12.4. The highest BCUT2D eigenvalue weighted by atomic mass is 32.1. The summed E-state index contributed by atoms with van der Waals surface area (Å²) in [5.74, 6) is 1.15. The van der Waals surface area contributed by atoms with Crippen LogP contribution < -0.4 is 4.80 Å². The molecule has 1 aliphatic heterocycles. The van der Waals surface area contributed by atoms with Crippen molar-refractivity contribution in [3.8, 4) is 11.1 Å². The van der Waals surface area contributed by atoms with Gasteiger partial charge in [0.2, 0.25) is 4.80 Å². The summed E-state index contributed by atoms with van der Waals surface area (Å²) >= 11 is 1.67. The van der Waals surface area contributed by atoms with E-state index in [4.69, 9.17) is 29.5 Å². The normalized spacial score (nSPS) is 16.9. The molecule has 5 heterocycles. The Balaban J connectivity index is 1.09. The third-order valence-corrected chi connectivity index (χ3v) is 11.9. The molecule has 0 unspecified atom stereocenters. The molecule has 0 bridgehead atoms. The zero-order chi connectivity index (χ0) is 35.3. The van der Waals surface area contributed by atoms with Crippen LogP contribution >= 0.6 is 11.3 Å². The number of carbonyl (C=O) groups excluding carboxylic acids is 1. The minimum atomic E-state index is -1.17. The van der Waals surface area contributed by atoms with Crippen LogP contribution in [0.3, 0.4) is 0 Å². The largest absolute Gasteiger partial charge is 0.444 e. The van der Waals surface area contributed by atoms with E-state index in [2.05, 4.69) is 41.9 Å². The molecule has 0 atom stereocenters. The van der Waals surface area contributed by atoms with Crippen molar-refractivity contribution in [1.82, 2.24) is 39.3 Å². The number of piperazine rings is 1. The van der Waals surface area contributed by atoms with E-state index in [1.807, 2.05) is 54.7 Å². The number of aromatic nitrogens is 6.